The number of hydrogen-bond acceptors (Lipinski definition) is 3. The first-order valence-electron chi connectivity index (χ1n) is 9.85. The molecule has 1 atom stereocenters. The third kappa shape index (κ3) is 5.65. The highest BCUT2D eigenvalue weighted by Crippen LogP contribution is 2.24. The van der Waals surface area contributed by atoms with Crippen molar-refractivity contribution in [2.45, 2.75) is 25.9 Å². The fourth-order valence-corrected chi connectivity index (χ4v) is 3.69. The number of benzene rings is 2. The Kier molecular flexibility index (Phi) is 7.02. The van der Waals surface area contributed by atoms with Gasteiger partial charge in [0, 0.05) is 26.2 Å². The van der Waals surface area contributed by atoms with Crippen LogP contribution in [0.4, 0.5) is 0 Å². The van der Waals surface area contributed by atoms with E-state index in [1.165, 1.54) is 0 Å². The third-order valence-corrected chi connectivity index (χ3v) is 4.88. The van der Waals surface area contributed by atoms with Gasteiger partial charge in [0.2, 0.25) is 5.91 Å². The molecule has 0 unspecified atom stereocenters. The van der Waals surface area contributed by atoms with Gasteiger partial charge in [0.15, 0.2) is 0 Å². The number of hydrogen-bond donors (Lipinski definition) is 1. The van der Waals surface area contributed by atoms with E-state index < -0.39 is 0 Å². The maximum absolute atomic E-state index is 13.1. The van der Waals surface area contributed by atoms with E-state index in [1.807, 2.05) is 60.7 Å². The third-order valence-electron chi connectivity index (χ3n) is 4.88. The van der Waals surface area contributed by atoms with E-state index in [2.05, 4.69) is 24.1 Å². The molecule has 144 valence electrons. The maximum atomic E-state index is 13.1. The molecule has 1 heterocycles. The van der Waals surface area contributed by atoms with Crippen molar-refractivity contribution in [3.05, 3.63) is 71.8 Å². The van der Waals surface area contributed by atoms with Crippen LogP contribution in [0.3, 0.4) is 0 Å². The first-order chi connectivity index (χ1) is 13.1. The van der Waals surface area contributed by atoms with Crippen molar-refractivity contribution in [1.29, 1.82) is 0 Å². The first-order valence-corrected chi connectivity index (χ1v) is 9.85. The number of nitrogens with one attached hydrogen (secondary N) is 1. The number of carbonyl (C=O) groups is 1. The van der Waals surface area contributed by atoms with Gasteiger partial charge in [0.05, 0.1) is 18.6 Å². The molecule has 0 aliphatic carbocycles. The minimum absolute atomic E-state index is 0.0250. The van der Waals surface area contributed by atoms with Crippen LogP contribution in [-0.4, -0.2) is 49.7 Å². The Morgan fingerprint density at radius 3 is 2.22 bits per heavy atom. The highest BCUT2D eigenvalue weighted by molar-refractivity contribution is 5.87. The molecule has 0 bridgehead atoms. The minimum atomic E-state index is -0.303. The van der Waals surface area contributed by atoms with Gasteiger partial charge in [-0.25, -0.2) is 0 Å². The van der Waals surface area contributed by atoms with Crippen LogP contribution >= 0.6 is 0 Å². The summed E-state index contributed by atoms with van der Waals surface area (Å²) in [4.78, 5) is 15.5. The quantitative estimate of drug-likeness (QED) is 0.818. The summed E-state index contributed by atoms with van der Waals surface area (Å²) in [6, 6.07) is 19.9. The Bertz CT molecular complexity index is 663. The second-order valence-electron chi connectivity index (χ2n) is 7.65. The zero-order valence-electron chi connectivity index (χ0n) is 16.3. The van der Waals surface area contributed by atoms with Crippen LogP contribution in [-0.2, 0) is 9.53 Å². The van der Waals surface area contributed by atoms with Crippen molar-refractivity contribution in [3.63, 3.8) is 0 Å². The van der Waals surface area contributed by atoms with E-state index in [0.717, 1.165) is 37.4 Å². The summed E-state index contributed by atoms with van der Waals surface area (Å²) in [5, 5.41) is 3.13. The monoisotopic (exact) mass is 366 g/mol. The molecular weight excluding hydrogens is 336 g/mol. The lowest BCUT2D eigenvalue weighted by Gasteiger charge is -2.34. The van der Waals surface area contributed by atoms with Gasteiger partial charge >= 0.3 is 0 Å². The summed E-state index contributed by atoms with van der Waals surface area (Å²) in [6.07, 6.45) is 0.0497. The Labute approximate surface area is 162 Å². The predicted octanol–water partition coefficient (Wildman–Crippen LogP) is 3.29. The van der Waals surface area contributed by atoms with E-state index in [4.69, 9.17) is 4.74 Å². The molecule has 1 aliphatic rings. The van der Waals surface area contributed by atoms with Gasteiger partial charge in [-0.05, 0) is 17.0 Å². The second kappa shape index (κ2) is 9.67. The van der Waals surface area contributed by atoms with Crippen LogP contribution in [0, 0.1) is 5.92 Å². The molecule has 3 rings (SSSR count). The van der Waals surface area contributed by atoms with E-state index in [-0.39, 0.29) is 17.9 Å². The molecule has 0 spiro atoms. The molecule has 1 saturated heterocycles. The van der Waals surface area contributed by atoms with Crippen LogP contribution in [0.25, 0.3) is 0 Å². The van der Waals surface area contributed by atoms with Gasteiger partial charge < -0.3 is 10.1 Å². The van der Waals surface area contributed by atoms with Gasteiger partial charge in [0.1, 0.15) is 0 Å². The molecule has 2 aromatic rings. The average molecular weight is 367 g/mol. The summed E-state index contributed by atoms with van der Waals surface area (Å²) < 4.78 is 5.87. The van der Waals surface area contributed by atoms with E-state index in [9.17, 15) is 4.79 Å². The SMILES string of the molecule is CC(C)CN1CCO[C@H](CNC(=O)C(c2ccccc2)c2ccccc2)C1. The zero-order valence-corrected chi connectivity index (χ0v) is 16.3. The van der Waals surface area contributed by atoms with E-state index >= 15 is 0 Å². The number of morpholine rings is 1. The lowest BCUT2D eigenvalue weighted by atomic mass is 9.90. The number of rotatable bonds is 7. The molecule has 1 aliphatic heterocycles. The van der Waals surface area contributed by atoms with Crippen LogP contribution in [0.15, 0.2) is 60.7 Å². The van der Waals surface area contributed by atoms with Crippen LogP contribution < -0.4 is 5.32 Å². The Hall–Kier alpha value is -2.17. The van der Waals surface area contributed by atoms with Crippen molar-refractivity contribution in [2.24, 2.45) is 5.92 Å². The maximum Gasteiger partial charge on any atom is 0.232 e. The Morgan fingerprint density at radius 2 is 1.67 bits per heavy atom. The normalized spacial score (nSPS) is 18.0. The van der Waals surface area contributed by atoms with E-state index in [0.29, 0.717) is 12.5 Å². The summed E-state index contributed by atoms with van der Waals surface area (Å²) in [5.41, 5.74) is 2.01. The Balaban J connectivity index is 1.65. The van der Waals surface area contributed by atoms with Crippen molar-refractivity contribution in [1.82, 2.24) is 10.2 Å². The van der Waals surface area contributed by atoms with Gasteiger partial charge in [-0.15, -0.1) is 0 Å². The predicted molar refractivity (Wildman–Crippen MR) is 109 cm³/mol. The molecule has 2 aromatic carbocycles. The Morgan fingerprint density at radius 1 is 1.07 bits per heavy atom. The summed E-state index contributed by atoms with van der Waals surface area (Å²) >= 11 is 0. The van der Waals surface area contributed by atoms with Crippen molar-refractivity contribution in [3.8, 4) is 0 Å². The minimum Gasteiger partial charge on any atom is -0.374 e. The van der Waals surface area contributed by atoms with Crippen molar-refractivity contribution >= 4 is 5.91 Å². The molecule has 1 fully saturated rings. The fourth-order valence-electron chi connectivity index (χ4n) is 3.69. The largest absolute Gasteiger partial charge is 0.374 e. The number of ether oxygens (including phenoxy) is 1. The fraction of sp³-hybridized carbons (Fsp3) is 0.435. The number of carbonyl (C=O) groups excluding carboxylic acids is 1. The standard InChI is InChI=1S/C23H30N2O2/c1-18(2)16-25-13-14-27-21(17-25)15-24-23(26)22(19-9-5-3-6-10-19)20-11-7-4-8-12-20/h3-12,18,21-22H,13-17H2,1-2H3,(H,24,26)/t21-/m1/s1. The summed E-state index contributed by atoms with van der Waals surface area (Å²) in [6.45, 7) is 8.66. The molecule has 1 N–H and O–H groups in total. The first kappa shape index (κ1) is 19.6. The molecule has 4 nitrogen and oxygen atoms in total. The van der Waals surface area contributed by atoms with Gasteiger partial charge in [-0.1, -0.05) is 74.5 Å². The van der Waals surface area contributed by atoms with Crippen LogP contribution in [0.1, 0.15) is 30.9 Å². The number of nitrogens with zero attached hydrogens (tertiary/aromatic N) is 1. The van der Waals surface area contributed by atoms with Gasteiger partial charge in [0.25, 0.3) is 0 Å². The van der Waals surface area contributed by atoms with Gasteiger partial charge in [-0.3, -0.25) is 9.69 Å². The van der Waals surface area contributed by atoms with Crippen LogP contribution in [0.5, 0.6) is 0 Å². The molecule has 1 amide bonds. The van der Waals surface area contributed by atoms with Crippen LogP contribution in [0.2, 0.25) is 0 Å². The molecule has 27 heavy (non-hydrogen) atoms. The molecular formula is C23H30N2O2. The molecule has 0 aromatic heterocycles. The van der Waals surface area contributed by atoms with Gasteiger partial charge in [-0.2, -0.15) is 0 Å². The lowest BCUT2D eigenvalue weighted by Crippen LogP contribution is -2.48. The topological polar surface area (TPSA) is 41.6 Å². The smallest absolute Gasteiger partial charge is 0.232 e. The lowest BCUT2D eigenvalue weighted by molar-refractivity contribution is -0.123. The highest BCUT2D eigenvalue weighted by Gasteiger charge is 2.25. The van der Waals surface area contributed by atoms with Crippen molar-refractivity contribution in [2.75, 3.05) is 32.8 Å². The molecule has 4 heteroatoms. The summed E-state index contributed by atoms with van der Waals surface area (Å²) in [7, 11) is 0. The van der Waals surface area contributed by atoms with Crippen molar-refractivity contribution < 1.29 is 9.53 Å². The van der Waals surface area contributed by atoms with E-state index in [1.54, 1.807) is 0 Å². The molecule has 0 saturated carbocycles. The molecule has 0 radical (unpaired) electrons. The average Bonchev–Trinajstić information content (AvgIpc) is 2.68. The summed E-state index contributed by atoms with van der Waals surface area (Å²) in [5.74, 6) is 0.360. The zero-order chi connectivity index (χ0) is 19.1. The highest BCUT2D eigenvalue weighted by atomic mass is 16.5. The number of amides is 1. The second-order valence-corrected chi connectivity index (χ2v) is 7.65.